The molecule has 0 radical (unpaired) electrons. The molecule has 0 bridgehead atoms. The Balaban J connectivity index is 2.63. The van der Waals surface area contributed by atoms with Crippen LogP contribution in [0.4, 0.5) is 15.3 Å². The molecule has 1 aromatic carbocycles. The van der Waals surface area contributed by atoms with Crippen LogP contribution < -0.4 is 10.1 Å². The predicted octanol–water partition coefficient (Wildman–Crippen LogP) is 4.12. The van der Waals surface area contributed by atoms with E-state index in [1.807, 2.05) is 27.7 Å². The molecule has 1 N–H and O–H groups in total. The lowest BCUT2D eigenvalue weighted by Crippen LogP contribution is -2.32. The van der Waals surface area contributed by atoms with E-state index in [9.17, 15) is 9.59 Å². The first-order valence-corrected chi connectivity index (χ1v) is 7.82. The van der Waals surface area contributed by atoms with Gasteiger partial charge in [-0.3, -0.25) is 5.32 Å². The molecule has 6 nitrogen and oxygen atoms in total. The Morgan fingerprint density at radius 1 is 1.26 bits per heavy atom. The summed E-state index contributed by atoms with van der Waals surface area (Å²) < 4.78 is 10.4. The summed E-state index contributed by atoms with van der Waals surface area (Å²) in [6.07, 6.45) is -0.369. The van der Waals surface area contributed by atoms with Gasteiger partial charge in [-0.05, 0) is 31.4 Å². The maximum absolute atomic E-state index is 12.0. The predicted molar refractivity (Wildman–Crippen MR) is 89.8 cm³/mol. The van der Waals surface area contributed by atoms with Gasteiger partial charge in [-0.1, -0.05) is 26.8 Å². The fourth-order valence-electron chi connectivity index (χ4n) is 1.85. The van der Waals surface area contributed by atoms with Crippen molar-refractivity contribution in [1.82, 2.24) is 4.90 Å². The molecule has 1 unspecified atom stereocenters. The summed E-state index contributed by atoms with van der Waals surface area (Å²) in [6, 6.07) is 6.64. The van der Waals surface area contributed by atoms with Crippen molar-refractivity contribution in [3.05, 3.63) is 24.3 Å². The third-order valence-corrected chi connectivity index (χ3v) is 3.12. The number of benzene rings is 1. The number of carbonyl (C=O) groups is 2. The lowest BCUT2D eigenvalue weighted by Gasteiger charge is -2.19. The largest absolute Gasteiger partial charge is 0.446 e. The lowest BCUT2D eigenvalue weighted by atomic mass is 10.2. The van der Waals surface area contributed by atoms with Gasteiger partial charge in [0.25, 0.3) is 0 Å². The first-order chi connectivity index (χ1) is 10.8. The molecule has 2 amide bonds. The Kier molecular flexibility index (Phi) is 7.38. The third kappa shape index (κ3) is 7.04. The quantitative estimate of drug-likeness (QED) is 0.855. The Hall–Kier alpha value is -2.24. The number of carbonyl (C=O) groups excluding carboxylic acids is 2. The van der Waals surface area contributed by atoms with Crippen molar-refractivity contribution in [3.8, 4) is 5.75 Å². The minimum atomic E-state index is -0.528. The average molecular weight is 322 g/mol. The molecule has 1 atom stereocenters. The molecule has 0 aromatic heterocycles. The monoisotopic (exact) mass is 322 g/mol. The molecule has 0 aliphatic carbocycles. The molecule has 0 fully saturated rings. The first kappa shape index (κ1) is 18.8. The van der Waals surface area contributed by atoms with Crippen molar-refractivity contribution in [2.45, 2.75) is 40.2 Å². The van der Waals surface area contributed by atoms with E-state index >= 15 is 0 Å². The fourth-order valence-corrected chi connectivity index (χ4v) is 1.85. The van der Waals surface area contributed by atoms with Crippen LogP contribution in [0.3, 0.4) is 0 Å². The highest BCUT2D eigenvalue weighted by molar-refractivity contribution is 5.85. The van der Waals surface area contributed by atoms with Crippen molar-refractivity contribution in [2.75, 3.05) is 18.9 Å². The minimum absolute atomic E-state index is 0.152. The summed E-state index contributed by atoms with van der Waals surface area (Å²) >= 11 is 0. The standard InChI is InChI=1S/C17H26N2O4/c1-6-13(4)22-16(20)18-14-8-7-9-15(10-14)23-17(21)19(5)11-12(2)3/h7-10,12-13H,6,11H2,1-5H3,(H,18,20). The van der Waals surface area contributed by atoms with Gasteiger partial charge in [0, 0.05) is 25.3 Å². The number of hydrogen-bond donors (Lipinski definition) is 1. The van der Waals surface area contributed by atoms with Gasteiger partial charge in [0.2, 0.25) is 0 Å². The number of hydrogen-bond acceptors (Lipinski definition) is 4. The molecule has 0 spiro atoms. The number of nitrogens with one attached hydrogen (secondary N) is 1. The minimum Gasteiger partial charge on any atom is -0.446 e. The molecule has 6 heteroatoms. The molecule has 128 valence electrons. The normalized spacial score (nSPS) is 11.7. The van der Waals surface area contributed by atoms with E-state index in [1.54, 1.807) is 31.3 Å². The van der Waals surface area contributed by atoms with E-state index < -0.39 is 12.2 Å². The fraction of sp³-hybridized carbons (Fsp3) is 0.529. The van der Waals surface area contributed by atoms with Crippen LogP contribution >= 0.6 is 0 Å². The van der Waals surface area contributed by atoms with Gasteiger partial charge in [-0.25, -0.2) is 9.59 Å². The molecule has 1 rings (SSSR count). The Labute approximate surface area is 137 Å². The van der Waals surface area contributed by atoms with Crippen molar-refractivity contribution in [2.24, 2.45) is 5.92 Å². The zero-order valence-corrected chi connectivity index (χ0v) is 14.5. The molecule has 0 saturated carbocycles. The van der Waals surface area contributed by atoms with Gasteiger partial charge in [0.1, 0.15) is 11.9 Å². The first-order valence-electron chi connectivity index (χ1n) is 7.82. The highest BCUT2D eigenvalue weighted by atomic mass is 16.6. The van der Waals surface area contributed by atoms with Crippen LogP contribution in [0.1, 0.15) is 34.1 Å². The summed E-state index contributed by atoms with van der Waals surface area (Å²) in [5.41, 5.74) is 0.509. The maximum atomic E-state index is 12.0. The SMILES string of the molecule is CCC(C)OC(=O)Nc1cccc(OC(=O)N(C)CC(C)C)c1. The molecule has 1 aromatic rings. The van der Waals surface area contributed by atoms with Crippen molar-refractivity contribution in [1.29, 1.82) is 0 Å². The summed E-state index contributed by atoms with van der Waals surface area (Å²) in [5.74, 6) is 0.725. The van der Waals surface area contributed by atoms with E-state index in [2.05, 4.69) is 5.32 Å². The van der Waals surface area contributed by atoms with Crippen LogP contribution in [0.15, 0.2) is 24.3 Å². The number of anilines is 1. The van der Waals surface area contributed by atoms with E-state index in [0.29, 0.717) is 23.9 Å². The molecule has 0 aliphatic heterocycles. The smallest absolute Gasteiger partial charge is 0.414 e. The second-order valence-corrected chi connectivity index (χ2v) is 5.92. The molecule has 0 saturated heterocycles. The molecular weight excluding hydrogens is 296 g/mol. The Morgan fingerprint density at radius 3 is 2.57 bits per heavy atom. The average Bonchev–Trinajstić information content (AvgIpc) is 2.46. The van der Waals surface area contributed by atoms with E-state index in [-0.39, 0.29) is 6.10 Å². The highest BCUT2D eigenvalue weighted by Gasteiger charge is 2.13. The summed E-state index contributed by atoms with van der Waals surface area (Å²) in [5, 5.41) is 2.62. The molecular formula is C17H26N2O4. The van der Waals surface area contributed by atoms with Gasteiger partial charge >= 0.3 is 12.2 Å². The van der Waals surface area contributed by atoms with Gasteiger partial charge in [0.05, 0.1) is 0 Å². The number of rotatable bonds is 6. The molecule has 0 heterocycles. The Bertz CT molecular complexity index is 531. The molecule has 0 aliphatic rings. The van der Waals surface area contributed by atoms with Crippen molar-refractivity contribution in [3.63, 3.8) is 0 Å². The number of nitrogens with zero attached hydrogens (tertiary/aromatic N) is 1. The number of amides is 2. The van der Waals surface area contributed by atoms with Crippen LogP contribution in [0.2, 0.25) is 0 Å². The van der Waals surface area contributed by atoms with E-state index in [0.717, 1.165) is 6.42 Å². The zero-order valence-electron chi connectivity index (χ0n) is 14.5. The second-order valence-electron chi connectivity index (χ2n) is 5.92. The summed E-state index contributed by atoms with van der Waals surface area (Å²) in [7, 11) is 1.69. The highest BCUT2D eigenvalue weighted by Crippen LogP contribution is 2.18. The maximum Gasteiger partial charge on any atom is 0.414 e. The Morgan fingerprint density at radius 2 is 1.96 bits per heavy atom. The van der Waals surface area contributed by atoms with Gasteiger partial charge < -0.3 is 14.4 Å². The third-order valence-electron chi connectivity index (χ3n) is 3.12. The van der Waals surface area contributed by atoms with Crippen LogP contribution in [-0.2, 0) is 4.74 Å². The topological polar surface area (TPSA) is 67.9 Å². The van der Waals surface area contributed by atoms with Crippen molar-refractivity contribution >= 4 is 17.9 Å². The van der Waals surface area contributed by atoms with Crippen LogP contribution in [0.25, 0.3) is 0 Å². The van der Waals surface area contributed by atoms with Gasteiger partial charge in [-0.2, -0.15) is 0 Å². The van der Waals surface area contributed by atoms with Crippen LogP contribution in [0, 0.1) is 5.92 Å². The van der Waals surface area contributed by atoms with E-state index in [1.165, 1.54) is 4.90 Å². The summed E-state index contributed by atoms with van der Waals surface area (Å²) in [4.78, 5) is 25.2. The van der Waals surface area contributed by atoms with Gasteiger partial charge in [-0.15, -0.1) is 0 Å². The van der Waals surface area contributed by atoms with E-state index in [4.69, 9.17) is 9.47 Å². The summed E-state index contributed by atoms with van der Waals surface area (Å²) in [6.45, 7) is 8.42. The lowest BCUT2D eigenvalue weighted by molar-refractivity contribution is 0.118. The molecule has 23 heavy (non-hydrogen) atoms. The number of ether oxygens (including phenoxy) is 2. The van der Waals surface area contributed by atoms with Crippen LogP contribution in [-0.4, -0.2) is 36.8 Å². The van der Waals surface area contributed by atoms with Crippen molar-refractivity contribution < 1.29 is 19.1 Å². The zero-order chi connectivity index (χ0) is 17.4. The van der Waals surface area contributed by atoms with Gasteiger partial charge in [0.15, 0.2) is 0 Å². The van der Waals surface area contributed by atoms with Crippen LogP contribution in [0.5, 0.6) is 5.75 Å². The second kappa shape index (κ2) is 9.02.